The molecule has 0 aliphatic carbocycles. The van der Waals surface area contributed by atoms with Crippen LogP contribution in [0.4, 0.5) is 5.69 Å². The van der Waals surface area contributed by atoms with E-state index >= 15 is 0 Å². The Bertz CT molecular complexity index is 1220. The quantitative estimate of drug-likeness (QED) is 0.400. The number of anilines is 1. The molecule has 0 atom stereocenters. The minimum Gasteiger partial charge on any atom is -0.496 e. The highest BCUT2D eigenvalue weighted by atomic mass is 79.9. The highest BCUT2D eigenvalue weighted by Crippen LogP contribution is 2.34. The lowest BCUT2D eigenvalue weighted by Gasteiger charge is -2.14. The summed E-state index contributed by atoms with van der Waals surface area (Å²) in [4.78, 5) is 17.6. The lowest BCUT2D eigenvalue weighted by Crippen LogP contribution is -2.14. The average Bonchev–Trinajstić information content (AvgIpc) is 3.17. The van der Waals surface area contributed by atoms with Crippen LogP contribution in [-0.4, -0.2) is 25.1 Å². The van der Waals surface area contributed by atoms with Crippen LogP contribution in [0.1, 0.15) is 15.9 Å². The molecule has 0 aliphatic rings. The van der Waals surface area contributed by atoms with E-state index in [1.54, 1.807) is 32.4 Å². The summed E-state index contributed by atoms with van der Waals surface area (Å²) in [6.45, 7) is 1.88. The van der Waals surface area contributed by atoms with Crippen molar-refractivity contribution in [2.45, 2.75) is 6.92 Å². The zero-order valence-corrected chi connectivity index (χ0v) is 18.2. The number of hydrogen-bond donors (Lipinski definition) is 1. The third-order valence-electron chi connectivity index (χ3n) is 4.68. The highest BCUT2D eigenvalue weighted by molar-refractivity contribution is 9.10. The van der Waals surface area contributed by atoms with Gasteiger partial charge in [0.2, 0.25) is 5.89 Å². The number of rotatable bonds is 5. The Morgan fingerprint density at radius 3 is 2.60 bits per heavy atom. The van der Waals surface area contributed by atoms with E-state index in [0.717, 1.165) is 21.1 Å². The molecule has 0 aliphatic heterocycles. The molecule has 0 unspecified atom stereocenters. The molecule has 4 aromatic rings. The van der Waals surface area contributed by atoms with Crippen LogP contribution in [0.5, 0.6) is 11.5 Å². The van der Waals surface area contributed by atoms with Crippen LogP contribution in [-0.2, 0) is 0 Å². The Morgan fingerprint density at radius 1 is 1.07 bits per heavy atom. The van der Waals surface area contributed by atoms with Gasteiger partial charge in [-0.15, -0.1) is 0 Å². The number of carbonyl (C=O) groups excluding carboxylic acids is 1. The first-order valence-electron chi connectivity index (χ1n) is 9.19. The molecular formula is C23H19BrN2O4. The molecule has 0 radical (unpaired) electrons. The van der Waals surface area contributed by atoms with Crippen LogP contribution in [0.3, 0.4) is 0 Å². The minimum absolute atomic E-state index is 0.315. The molecule has 1 N–H and O–H groups in total. The predicted molar refractivity (Wildman–Crippen MR) is 119 cm³/mol. The van der Waals surface area contributed by atoms with E-state index in [1.165, 1.54) is 0 Å². The minimum atomic E-state index is -0.315. The van der Waals surface area contributed by atoms with Crippen molar-refractivity contribution in [3.8, 4) is 23.0 Å². The maximum absolute atomic E-state index is 13.0. The second-order valence-corrected chi connectivity index (χ2v) is 7.58. The number of amides is 1. The summed E-state index contributed by atoms with van der Waals surface area (Å²) in [7, 11) is 3.09. The van der Waals surface area contributed by atoms with Gasteiger partial charge < -0.3 is 19.2 Å². The summed E-state index contributed by atoms with van der Waals surface area (Å²) in [5.41, 5.74) is 3.95. The smallest absolute Gasteiger partial charge is 0.259 e. The van der Waals surface area contributed by atoms with Crippen LogP contribution in [0, 0.1) is 6.92 Å². The van der Waals surface area contributed by atoms with Crippen LogP contribution < -0.4 is 14.8 Å². The number of aromatic nitrogens is 1. The SMILES string of the molecule is COc1ccc(-c2nc3ccccc3o2)cc1NC(=O)c1cc(Br)cc(C)c1OC. The van der Waals surface area contributed by atoms with Crippen LogP contribution in [0.15, 0.2) is 63.5 Å². The van der Waals surface area contributed by atoms with Crippen molar-refractivity contribution >= 4 is 38.6 Å². The molecule has 0 saturated carbocycles. The number of nitrogens with one attached hydrogen (secondary N) is 1. The second-order valence-electron chi connectivity index (χ2n) is 6.66. The fourth-order valence-electron chi connectivity index (χ4n) is 3.29. The number of ether oxygens (including phenoxy) is 2. The average molecular weight is 467 g/mol. The molecule has 152 valence electrons. The Labute approximate surface area is 182 Å². The van der Waals surface area contributed by atoms with E-state index in [0.29, 0.717) is 34.2 Å². The van der Waals surface area contributed by atoms with Gasteiger partial charge in [-0.1, -0.05) is 28.1 Å². The van der Waals surface area contributed by atoms with Crippen LogP contribution in [0.25, 0.3) is 22.6 Å². The summed E-state index contributed by atoms with van der Waals surface area (Å²) in [5, 5.41) is 2.92. The van der Waals surface area contributed by atoms with Crippen molar-refractivity contribution in [3.05, 3.63) is 70.2 Å². The van der Waals surface area contributed by atoms with Crippen molar-refractivity contribution in [1.82, 2.24) is 4.98 Å². The van der Waals surface area contributed by atoms with Crippen LogP contribution in [0.2, 0.25) is 0 Å². The maximum Gasteiger partial charge on any atom is 0.259 e. The largest absolute Gasteiger partial charge is 0.496 e. The number of methoxy groups -OCH3 is 2. The molecule has 1 amide bonds. The number of benzene rings is 3. The number of para-hydroxylation sites is 2. The molecule has 4 rings (SSSR count). The van der Waals surface area contributed by atoms with E-state index in [4.69, 9.17) is 13.9 Å². The van der Waals surface area contributed by atoms with Crippen molar-refractivity contribution in [2.24, 2.45) is 0 Å². The van der Waals surface area contributed by atoms with Crippen molar-refractivity contribution in [2.75, 3.05) is 19.5 Å². The number of nitrogens with zero attached hydrogens (tertiary/aromatic N) is 1. The summed E-state index contributed by atoms with van der Waals surface area (Å²) in [6.07, 6.45) is 0. The predicted octanol–water partition coefficient (Wildman–Crippen LogP) is 5.84. The van der Waals surface area contributed by atoms with Gasteiger partial charge in [-0.05, 0) is 55.0 Å². The van der Waals surface area contributed by atoms with E-state index in [-0.39, 0.29) is 5.91 Å². The monoisotopic (exact) mass is 466 g/mol. The van der Waals surface area contributed by atoms with Gasteiger partial charge in [0.1, 0.15) is 17.0 Å². The molecule has 0 bridgehead atoms. The molecular weight excluding hydrogens is 448 g/mol. The van der Waals surface area contributed by atoms with Gasteiger partial charge in [-0.25, -0.2) is 4.98 Å². The molecule has 30 heavy (non-hydrogen) atoms. The lowest BCUT2D eigenvalue weighted by atomic mass is 10.1. The first-order valence-corrected chi connectivity index (χ1v) is 9.99. The van der Waals surface area contributed by atoms with E-state index < -0.39 is 0 Å². The Morgan fingerprint density at radius 2 is 1.87 bits per heavy atom. The normalized spacial score (nSPS) is 10.8. The zero-order valence-electron chi connectivity index (χ0n) is 16.7. The van der Waals surface area contributed by atoms with Gasteiger partial charge in [0.15, 0.2) is 5.58 Å². The molecule has 0 spiro atoms. The highest BCUT2D eigenvalue weighted by Gasteiger charge is 2.18. The third kappa shape index (κ3) is 3.76. The van der Waals surface area contributed by atoms with Crippen molar-refractivity contribution < 1.29 is 18.7 Å². The first-order chi connectivity index (χ1) is 14.5. The molecule has 7 heteroatoms. The Kier molecular flexibility index (Phi) is 5.46. The maximum atomic E-state index is 13.0. The Balaban J connectivity index is 1.72. The molecule has 1 heterocycles. The molecule has 6 nitrogen and oxygen atoms in total. The summed E-state index contributed by atoms with van der Waals surface area (Å²) in [5.74, 6) is 1.19. The fourth-order valence-corrected chi connectivity index (χ4v) is 3.87. The topological polar surface area (TPSA) is 73.6 Å². The second kappa shape index (κ2) is 8.20. The zero-order chi connectivity index (χ0) is 21.3. The number of carbonyl (C=O) groups is 1. The van der Waals surface area contributed by atoms with Gasteiger partial charge in [0.05, 0.1) is 25.5 Å². The van der Waals surface area contributed by atoms with Gasteiger partial charge in [-0.2, -0.15) is 0 Å². The number of halogens is 1. The van der Waals surface area contributed by atoms with E-state index in [2.05, 4.69) is 26.2 Å². The summed E-state index contributed by atoms with van der Waals surface area (Å²) >= 11 is 3.44. The summed E-state index contributed by atoms with van der Waals surface area (Å²) in [6, 6.07) is 16.5. The van der Waals surface area contributed by atoms with E-state index in [1.807, 2.05) is 43.3 Å². The third-order valence-corrected chi connectivity index (χ3v) is 5.13. The fraction of sp³-hybridized carbons (Fsp3) is 0.130. The van der Waals surface area contributed by atoms with Gasteiger partial charge in [0, 0.05) is 10.0 Å². The number of hydrogen-bond acceptors (Lipinski definition) is 5. The molecule has 0 saturated heterocycles. The molecule has 3 aromatic carbocycles. The van der Waals surface area contributed by atoms with Gasteiger partial charge in [0.25, 0.3) is 5.91 Å². The molecule has 0 fully saturated rings. The standard InChI is InChI=1S/C23H19BrN2O4/c1-13-10-15(24)12-16(21(13)29-3)22(27)25-18-11-14(8-9-19(18)28-2)23-26-17-6-4-5-7-20(17)30-23/h4-12H,1-3H3,(H,25,27). The van der Waals surface area contributed by atoms with Gasteiger partial charge >= 0.3 is 0 Å². The number of oxazole rings is 1. The van der Waals surface area contributed by atoms with Crippen molar-refractivity contribution in [3.63, 3.8) is 0 Å². The number of fused-ring (bicyclic) bond motifs is 1. The Hall–Kier alpha value is -3.32. The summed E-state index contributed by atoms with van der Waals surface area (Å²) < 4.78 is 17.5. The van der Waals surface area contributed by atoms with Crippen LogP contribution >= 0.6 is 15.9 Å². The lowest BCUT2D eigenvalue weighted by molar-refractivity contribution is 0.102. The number of aryl methyl sites for hydroxylation is 1. The van der Waals surface area contributed by atoms with Gasteiger partial charge in [-0.3, -0.25) is 4.79 Å². The van der Waals surface area contributed by atoms with Crippen molar-refractivity contribution in [1.29, 1.82) is 0 Å². The first kappa shape index (κ1) is 20.0. The van der Waals surface area contributed by atoms with E-state index in [9.17, 15) is 4.79 Å². The molecule has 1 aromatic heterocycles.